The van der Waals surface area contributed by atoms with Crippen molar-refractivity contribution in [2.75, 3.05) is 6.61 Å². The van der Waals surface area contributed by atoms with Crippen molar-refractivity contribution in [3.8, 4) is 0 Å². The molecule has 1 heterocycles. The number of nitrogens with one attached hydrogen (secondary N) is 1. The van der Waals surface area contributed by atoms with E-state index in [0.29, 0.717) is 31.5 Å². The lowest BCUT2D eigenvalue weighted by molar-refractivity contribution is -0.128. The molecule has 2 aromatic rings. The number of carbonyl (C=O) groups is 1. The molecule has 4 heteroatoms. The van der Waals surface area contributed by atoms with E-state index in [2.05, 4.69) is 9.72 Å². The molecule has 1 aromatic carbocycles. The molecule has 0 aliphatic heterocycles. The summed E-state index contributed by atoms with van der Waals surface area (Å²) in [5.74, 6) is -0.183. The number of aromatic nitrogens is 1. The Morgan fingerprint density at radius 2 is 2.24 bits per heavy atom. The van der Waals surface area contributed by atoms with Gasteiger partial charge in [-0.1, -0.05) is 6.92 Å². The first-order valence-electron chi connectivity index (χ1n) is 5.60. The number of carbonyl (C=O) groups excluding carboxylic acids is 1. The van der Waals surface area contributed by atoms with Crippen LogP contribution in [0.5, 0.6) is 0 Å². The van der Waals surface area contributed by atoms with Gasteiger partial charge in [0.15, 0.2) is 0 Å². The molecule has 3 nitrogen and oxygen atoms in total. The number of ether oxygens (including phenoxy) is 1. The maximum Gasteiger partial charge on any atom is 0.293 e. The predicted octanol–water partition coefficient (Wildman–Crippen LogP) is 2.58. The molecule has 17 heavy (non-hydrogen) atoms. The highest BCUT2D eigenvalue weighted by Gasteiger charge is 2.06. The van der Waals surface area contributed by atoms with Crippen LogP contribution in [0.25, 0.3) is 10.9 Å². The molecule has 1 aromatic heterocycles. The molecule has 0 amide bonds. The van der Waals surface area contributed by atoms with E-state index in [4.69, 9.17) is 0 Å². The van der Waals surface area contributed by atoms with Gasteiger partial charge < -0.3 is 9.72 Å². The van der Waals surface area contributed by atoms with Crippen LogP contribution in [0.3, 0.4) is 0 Å². The summed E-state index contributed by atoms with van der Waals surface area (Å²) in [6, 6.07) is 5.32. The molecule has 0 spiro atoms. The van der Waals surface area contributed by atoms with E-state index in [1.807, 2.05) is 19.1 Å². The Bertz CT molecular complexity index is 533. The first-order valence-corrected chi connectivity index (χ1v) is 5.60. The Morgan fingerprint density at radius 1 is 1.41 bits per heavy atom. The van der Waals surface area contributed by atoms with E-state index in [1.54, 1.807) is 0 Å². The third-order valence-corrected chi connectivity index (χ3v) is 2.78. The minimum atomic E-state index is -0.183. The van der Waals surface area contributed by atoms with Crippen LogP contribution in [0.4, 0.5) is 4.39 Å². The van der Waals surface area contributed by atoms with Crippen LogP contribution in [-0.4, -0.2) is 18.1 Å². The van der Waals surface area contributed by atoms with E-state index in [9.17, 15) is 9.18 Å². The van der Waals surface area contributed by atoms with E-state index >= 15 is 0 Å². The van der Waals surface area contributed by atoms with Gasteiger partial charge >= 0.3 is 0 Å². The van der Waals surface area contributed by atoms with E-state index in [0.717, 1.165) is 16.6 Å². The highest BCUT2D eigenvalue weighted by molar-refractivity contribution is 5.81. The Labute approximate surface area is 98.6 Å². The fourth-order valence-corrected chi connectivity index (χ4v) is 1.88. The van der Waals surface area contributed by atoms with Crippen LogP contribution >= 0.6 is 0 Å². The number of hydrogen-bond acceptors (Lipinski definition) is 2. The van der Waals surface area contributed by atoms with E-state index in [-0.39, 0.29) is 5.82 Å². The van der Waals surface area contributed by atoms with Crippen molar-refractivity contribution in [3.05, 3.63) is 35.3 Å². The van der Waals surface area contributed by atoms with Crippen molar-refractivity contribution >= 4 is 17.4 Å². The number of aromatic amines is 1. The molecular weight excluding hydrogens is 221 g/mol. The van der Waals surface area contributed by atoms with Gasteiger partial charge in [0.1, 0.15) is 5.82 Å². The first kappa shape index (κ1) is 11.6. The molecule has 0 saturated heterocycles. The standard InChI is InChI=1S/C13H14FNO2/c1-2-9-5-10-6-11(3-4-17-8-16)15-13(10)7-12(9)14/h5-8,15H,2-4H2,1H3. The number of H-pyrrole nitrogens is 1. The second-order valence-corrected chi connectivity index (χ2v) is 3.90. The Hall–Kier alpha value is -1.84. The van der Waals surface area contributed by atoms with Crippen molar-refractivity contribution in [1.29, 1.82) is 0 Å². The summed E-state index contributed by atoms with van der Waals surface area (Å²) in [5, 5.41) is 0.990. The molecule has 0 saturated carbocycles. The molecule has 0 aliphatic rings. The van der Waals surface area contributed by atoms with Gasteiger partial charge in [0, 0.05) is 23.0 Å². The fraction of sp³-hybridized carbons (Fsp3) is 0.308. The van der Waals surface area contributed by atoms with Crippen molar-refractivity contribution in [3.63, 3.8) is 0 Å². The quantitative estimate of drug-likeness (QED) is 0.639. The van der Waals surface area contributed by atoms with Gasteiger partial charge in [-0.25, -0.2) is 4.39 Å². The van der Waals surface area contributed by atoms with Gasteiger partial charge in [0.25, 0.3) is 6.47 Å². The molecule has 1 N–H and O–H groups in total. The van der Waals surface area contributed by atoms with Gasteiger partial charge in [0.05, 0.1) is 6.61 Å². The smallest absolute Gasteiger partial charge is 0.293 e. The van der Waals surface area contributed by atoms with Crippen molar-refractivity contribution in [1.82, 2.24) is 4.98 Å². The van der Waals surface area contributed by atoms with Crippen molar-refractivity contribution in [2.24, 2.45) is 0 Å². The third kappa shape index (κ3) is 2.46. The summed E-state index contributed by atoms with van der Waals surface area (Å²) >= 11 is 0. The SMILES string of the molecule is CCc1cc2cc(CCOC=O)[nH]c2cc1F. The molecule has 0 aliphatic carbocycles. The van der Waals surface area contributed by atoms with Gasteiger partial charge in [-0.2, -0.15) is 0 Å². The summed E-state index contributed by atoms with van der Waals surface area (Å²) in [6.07, 6.45) is 1.28. The molecular formula is C13H14FNO2. The monoisotopic (exact) mass is 235 g/mol. The van der Waals surface area contributed by atoms with Gasteiger partial charge in [-0.15, -0.1) is 0 Å². The largest absolute Gasteiger partial charge is 0.467 e. The summed E-state index contributed by atoms with van der Waals surface area (Å²) in [6.45, 7) is 2.69. The fourth-order valence-electron chi connectivity index (χ4n) is 1.88. The molecule has 2 rings (SSSR count). The Kier molecular flexibility index (Phi) is 3.42. The van der Waals surface area contributed by atoms with Crippen LogP contribution < -0.4 is 0 Å². The zero-order valence-corrected chi connectivity index (χ0v) is 9.63. The van der Waals surface area contributed by atoms with Crippen LogP contribution in [0.2, 0.25) is 0 Å². The number of hydrogen-bond donors (Lipinski definition) is 1. The Morgan fingerprint density at radius 3 is 2.94 bits per heavy atom. The van der Waals surface area contributed by atoms with Crippen LogP contribution in [0, 0.1) is 5.82 Å². The first-order chi connectivity index (χ1) is 8.24. The summed E-state index contributed by atoms with van der Waals surface area (Å²) in [7, 11) is 0. The second kappa shape index (κ2) is 4.99. The lowest BCUT2D eigenvalue weighted by Gasteiger charge is -1.98. The second-order valence-electron chi connectivity index (χ2n) is 3.90. The minimum Gasteiger partial charge on any atom is -0.467 e. The predicted molar refractivity (Wildman–Crippen MR) is 63.4 cm³/mol. The van der Waals surface area contributed by atoms with Crippen LogP contribution in [-0.2, 0) is 22.4 Å². The highest BCUT2D eigenvalue weighted by Crippen LogP contribution is 2.20. The van der Waals surface area contributed by atoms with E-state index in [1.165, 1.54) is 6.07 Å². The molecule has 90 valence electrons. The molecule has 0 fully saturated rings. The molecule has 0 bridgehead atoms. The zero-order valence-electron chi connectivity index (χ0n) is 9.63. The maximum atomic E-state index is 13.5. The molecule has 0 atom stereocenters. The van der Waals surface area contributed by atoms with Gasteiger partial charge in [-0.3, -0.25) is 4.79 Å². The van der Waals surface area contributed by atoms with Crippen molar-refractivity contribution < 1.29 is 13.9 Å². The zero-order chi connectivity index (χ0) is 12.3. The minimum absolute atomic E-state index is 0.183. The highest BCUT2D eigenvalue weighted by atomic mass is 19.1. The summed E-state index contributed by atoms with van der Waals surface area (Å²) < 4.78 is 18.2. The number of halogens is 1. The van der Waals surface area contributed by atoms with Crippen molar-refractivity contribution in [2.45, 2.75) is 19.8 Å². The molecule has 0 unspecified atom stereocenters. The Balaban J connectivity index is 2.27. The number of rotatable bonds is 5. The number of aryl methyl sites for hydroxylation is 1. The van der Waals surface area contributed by atoms with Gasteiger partial charge in [-0.05, 0) is 30.2 Å². The van der Waals surface area contributed by atoms with Crippen LogP contribution in [0.15, 0.2) is 18.2 Å². The average Bonchev–Trinajstić information content (AvgIpc) is 2.70. The number of benzene rings is 1. The van der Waals surface area contributed by atoms with E-state index < -0.39 is 0 Å². The van der Waals surface area contributed by atoms with Crippen LogP contribution in [0.1, 0.15) is 18.2 Å². The normalized spacial score (nSPS) is 10.7. The lowest BCUT2D eigenvalue weighted by atomic mass is 10.1. The number of fused-ring (bicyclic) bond motifs is 1. The summed E-state index contributed by atoms with van der Waals surface area (Å²) in [4.78, 5) is 13.1. The lowest BCUT2D eigenvalue weighted by Crippen LogP contribution is -1.96. The average molecular weight is 235 g/mol. The third-order valence-electron chi connectivity index (χ3n) is 2.78. The molecule has 0 radical (unpaired) electrons. The maximum absolute atomic E-state index is 13.5. The summed E-state index contributed by atoms with van der Waals surface area (Å²) in [5.41, 5.74) is 2.43. The van der Waals surface area contributed by atoms with Gasteiger partial charge in [0.2, 0.25) is 0 Å². The topological polar surface area (TPSA) is 42.1 Å².